The van der Waals surface area contributed by atoms with Crippen molar-refractivity contribution < 1.29 is 4.74 Å². The van der Waals surface area contributed by atoms with Gasteiger partial charge in [0.25, 0.3) is 0 Å². The third-order valence-corrected chi connectivity index (χ3v) is 6.28. The van der Waals surface area contributed by atoms with Gasteiger partial charge in [-0.1, -0.05) is 18.2 Å². The van der Waals surface area contributed by atoms with Crippen molar-refractivity contribution in [1.82, 2.24) is 4.90 Å². The summed E-state index contributed by atoms with van der Waals surface area (Å²) in [5.74, 6) is 1.41. The summed E-state index contributed by atoms with van der Waals surface area (Å²) < 4.78 is 5.54. The van der Waals surface area contributed by atoms with E-state index in [0.29, 0.717) is 23.3 Å². The third kappa shape index (κ3) is 1.58. The van der Waals surface area contributed by atoms with Gasteiger partial charge in [-0.05, 0) is 43.0 Å². The van der Waals surface area contributed by atoms with Gasteiger partial charge >= 0.3 is 0 Å². The van der Waals surface area contributed by atoms with E-state index in [9.17, 15) is 0 Å². The molecule has 4 aliphatic rings. The largest absolute Gasteiger partial charge is 0.501 e. The van der Waals surface area contributed by atoms with Crippen LogP contribution >= 0.6 is 0 Å². The lowest BCUT2D eigenvalue weighted by Gasteiger charge is -2.45. The van der Waals surface area contributed by atoms with Gasteiger partial charge in [0.1, 0.15) is 0 Å². The predicted octanol–water partition coefficient (Wildman–Crippen LogP) is 2.60. The van der Waals surface area contributed by atoms with E-state index in [1.165, 1.54) is 31.6 Å². The first-order valence-electron chi connectivity index (χ1n) is 8.22. The van der Waals surface area contributed by atoms with Gasteiger partial charge in [0.2, 0.25) is 0 Å². The maximum Gasteiger partial charge on any atom is 0.0919 e. The highest BCUT2D eigenvalue weighted by Crippen LogP contribution is 2.51. The molecule has 0 bridgehead atoms. The molecule has 1 N–H and O–H groups in total. The van der Waals surface area contributed by atoms with E-state index in [0.717, 1.165) is 13.2 Å². The van der Waals surface area contributed by atoms with Gasteiger partial charge in [0.05, 0.1) is 12.9 Å². The Labute approximate surface area is 126 Å². The molecule has 110 valence electrons. The van der Waals surface area contributed by atoms with Crippen molar-refractivity contribution in [3.8, 4) is 0 Å². The second-order valence-electron chi connectivity index (χ2n) is 7.14. The Bertz CT molecular complexity index is 599. The first-order valence-corrected chi connectivity index (χ1v) is 8.22. The van der Waals surface area contributed by atoms with E-state index in [1.54, 1.807) is 5.56 Å². The fourth-order valence-electron chi connectivity index (χ4n) is 5.18. The number of para-hydroxylation sites is 1. The van der Waals surface area contributed by atoms with Gasteiger partial charge in [0.15, 0.2) is 0 Å². The summed E-state index contributed by atoms with van der Waals surface area (Å²) in [7, 11) is 0. The molecule has 1 aromatic carbocycles. The summed E-state index contributed by atoms with van der Waals surface area (Å²) in [6.45, 7) is 4.48. The molecule has 2 saturated heterocycles. The molecule has 3 heteroatoms. The second kappa shape index (κ2) is 4.26. The molecule has 21 heavy (non-hydrogen) atoms. The highest BCUT2D eigenvalue weighted by molar-refractivity contribution is 5.61. The normalized spacial score (nSPS) is 40.3. The molecular weight excluding hydrogens is 260 g/mol. The molecule has 4 atom stereocenters. The van der Waals surface area contributed by atoms with E-state index >= 15 is 0 Å². The SMILES string of the molecule is C1=C[C@H]2C[C@@H]3N(CC[C@]34CNc3ccccc34)C[C@@H]2CO1. The van der Waals surface area contributed by atoms with Crippen LogP contribution in [0.1, 0.15) is 18.4 Å². The molecule has 0 unspecified atom stereocenters. The lowest BCUT2D eigenvalue weighted by Crippen LogP contribution is -2.52. The predicted molar refractivity (Wildman–Crippen MR) is 83.3 cm³/mol. The van der Waals surface area contributed by atoms with E-state index < -0.39 is 0 Å². The summed E-state index contributed by atoms with van der Waals surface area (Å²) >= 11 is 0. The summed E-state index contributed by atoms with van der Waals surface area (Å²) in [5, 5.41) is 3.67. The lowest BCUT2D eigenvalue weighted by molar-refractivity contribution is 0.0368. The van der Waals surface area contributed by atoms with Crippen molar-refractivity contribution in [3.05, 3.63) is 42.2 Å². The first kappa shape index (κ1) is 12.1. The van der Waals surface area contributed by atoms with Crippen LogP contribution in [0.15, 0.2) is 36.6 Å². The van der Waals surface area contributed by atoms with Crippen LogP contribution < -0.4 is 5.32 Å². The molecule has 5 rings (SSSR count). The molecule has 3 nitrogen and oxygen atoms in total. The topological polar surface area (TPSA) is 24.5 Å². The van der Waals surface area contributed by atoms with Crippen molar-refractivity contribution >= 4 is 5.69 Å². The second-order valence-corrected chi connectivity index (χ2v) is 7.14. The minimum Gasteiger partial charge on any atom is -0.501 e. The standard InChI is InChI=1S/C18H22N2O/c1-2-4-16-15(3-1)18(12-19-16)6-7-20-10-14-11-21-8-5-13(14)9-17(18)20/h1-5,8,13-14,17,19H,6-7,9-12H2/t13-,14+,17-,18+/m0/s1. The Balaban J connectivity index is 1.53. The number of piperidine rings is 1. The number of benzene rings is 1. The van der Waals surface area contributed by atoms with Crippen LogP contribution in [0.4, 0.5) is 5.69 Å². The Morgan fingerprint density at radius 3 is 3.24 bits per heavy atom. The summed E-state index contributed by atoms with van der Waals surface area (Å²) in [6.07, 6.45) is 6.83. The number of anilines is 1. The van der Waals surface area contributed by atoms with Crippen LogP contribution in [0, 0.1) is 11.8 Å². The van der Waals surface area contributed by atoms with Crippen LogP contribution in [-0.2, 0) is 10.2 Å². The molecular formula is C18H22N2O. The van der Waals surface area contributed by atoms with Crippen molar-refractivity contribution in [2.75, 3.05) is 31.6 Å². The zero-order chi connectivity index (χ0) is 13.9. The Morgan fingerprint density at radius 2 is 2.24 bits per heavy atom. The molecule has 0 saturated carbocycles. The molecule has 4 aliphatic heterocycles. The smallest absolute Gasteiger partial charge is 0.0919 e. The van der Waals surface area contributed by atoms with Gasteiger partial charge < -0.3 is 10.1 Å². The van der Waals surface area contributed by atoms with E-state index in [-0.39, 0.29) is 0 Å². The fraction of sp³-hybridized carbons (Fsp3) is 0.556. The van der Waals surface area contributed by atoms with Crippen LogP contribution in [0.3, 0.4) is 0 Å². The number of ether oxygens (including phenoxy) is 1. The van der Waals surface area contributed by atoms with Gasteiger partial charge in [-0.2, -0.15) is 0 Å². The molecule has 0 radical (unpaired) electrons. The summed E-state index contributed by atoms with van der Waals surface area (Å²) in [5.41, 5.74) is 3.27. The Hall–Kier alpha value is -1.48. The van der Waals surface area contributed by atoms with Crippen molar-refractivity contribution in [1.29, 1.82) is 0 Å². The summed E-state index contributed by atoms with van der Waals surface area (Å²) in [6, 6.07) is 9.64. The molecule has 2 fully saturated rings. The van der Waals surface area contributed by atoms with Crippen molar-refractivity contribution in [3.63, 3.8) is 0 Å². The molecule has 0 amide bonds. The number of nitrogens with zero attached hydrogens (tertiary/aromatic N) is 1. The zero-order valence-corrected chi connectivity index (χ0v) is 12.3. The quantitative estimate of drug-likeness (QED) is 0.791. The molecule has 0 aromatic heterocycles. The number of rotatable bonds is 0. The number of fused-ring (bicyclic) bond motifs is 5. The molecule has 1 aromatic rings. The average Bonchev–Trinajstić information content (AvgIpc) is 3.09. The molecule has 0 aliphatic carbocycles. The lowest BCUT2D eigenvalue weighted by atomic mass is 9.69. The minimum atomic E-state index is 0.341. The summed E-state index contributed by atoms with van der Waals surface area (Å²) in [4.78, 5) is 2.74. The van der Waals surface area contributed by atoms with Crippen LogP contribution in [0.25, 0.3) is 0 Å². The molecule has 1 spiro atoms. The van der Waals surface area contributed by atoms with Gasteiger partial charge in [-0.3, -0.25) is 4.90 Å². The van der Waals surface area contributed by atoms with Gasteiger partial charge in [0, 0.05) is 36.2 Å². The monoisotopic (exact) mass is 282 g/mol. The van der Waals surface area contributed by atoms with Crippen LogP contribution in [0.5, 0.6) is 0 Å². The Morgan fingerprint density at radius 1 is 1.29 bits per heavy atom. The number of hydrogen-bond acceptors (Lipinski definition) is 3. The Kier molecular flexibility index (Phi) is 2.46. The van der Waals surface area contributed by atoms with Crippen molar-refractivity contribution in [2.45, 2.75) is 24.3 Å². The third-order valence-electron chi connectivity index (χ3n) is 6.28. The van der Waals surface area contributed by atoms with Crippen molar-refractivity contribution in [2.24, 2.45) is 11.8 Å². The number of nitrogens with one attached hydrogen (secondary N) is 1. The minimum absolute atomic E-state index is 0.341. The highest BCUT2D eigenvalue weighted by Gasteiger charge is 2.54. The fourth-order valence-corrected chi connectivity index (χ4v) is 5.18. The van der Waals surface area contributed by atoms with Crippen LogP contribution in [0.2, 0.25) is 0 Å². The van der Waals surface area contributed by atoms with Gasteiger partial charge in [-0.15, -0.1) is 0 Å². The highest BCUT2D eigenvalue weighted by atomic mass is 16.5. The van der Waals surface area contributed by atoms with Crippen LogP contribution in [-0.4, -0.2) is 37.2 Å². The molecule has 4 heterocycles. The first-order chi connectivity index (χ1) is 10.4. The number of hydrogen-bond donors (Lipinski definition) is 1. The maximum atomic E-state index is 5.54. The average molecular weight is 282 g/mol. The van der Waals surface area contributed by atoms with E-state index in [4.69, 9.17) is 4.74 Å². The van der Waals surface area contributed by atoms with Gasteiger partial charge in [-0.25, -0.2) is 0 Å². The van der Waals surface area contributed by atoms with E-state index in [2.05, 4.69) is 40.6 Å². The zero-order valence-electron chi connectivity index (χ0n) is 12.3. The van der Waals surface area contributed by atoms with E-state index in [1.807, 2.05) is 6.26 Å². The number of allylic oxidation sites excluding steroid dienone is 1. The maximum absolute atomic E-state index is 5.54.